The van der Waals surface area contributed by atoms with Crippen molar-refractivity contribution in [3.63, 3.8) is 0 Å². The number of aromatic nitrogens is 2. The van der Waals surface area contributed by atoms with E-state index in [0.29, 0.717) is 16.6 Å². The molecule has 102 valence electrons. The topological polar surface area (TPSA) is 89.2 Å². The van der Waals surface area contributed by atoms with Gasteiger partial charge in [-0.05, 0) is 19.4 Å². The summed E-state index contributed by atoms with van der Waals surface area (Å²) in [5.74, 6) is -0.0117. The molecule has 6 nitrogen and oxygen atoms in total. The minimum Gasteiger partial charge on any atom is -0.293 e. The molecule has 2 heterocycles. The van der Waals surface area contributed by atoms with E-state index in [9.17, 15) is 8.42 Å². The second-order valence-corrected chi connectivity index (χ2v) is 7.46. The Kier molecular flexibility index (Phi) is 4.54. The van der Waals surface area contributed by atoms with Gasteiger partial charge in [0.15, 0.2) is 0 Å². The van der Waals surface area contributed by atoms with Gasteiger partial charge in [0.2, 0.25) is 10.0 Å². The fourth-order valence-electron chi connectivity index (χ4n) is 2.21. The number of halogens is 1. The van der Waals surface area contributed by atoms with Crippen molar-refractivity contribution in [2.75, 3.05) is 12.3 Å². The highest BCUT2D eigenvalue weighted by Crippen LogP contribution is 2.24. The minimum absolute atomic E-state index is 0.0117. The predicted octanol–water partition coefficient (Wildman–Crippen LogP) is 0.835. The molecule has 18 heavy (non-hydrogen) atoms. The summed E-state index contributed by atoms with van der Waals surface area (Å²) in [6.07, 6.45) is 2.92. The van der Waals surface area contributed by atoms with E-state index < -0.39 is 10.0 Å². The van der Waals surface area contributed by atoms with E-state index >= 15 is 0 Å². The Morgan fingerprint density at radius 2 is 2.28 bits per heavy atom. The first-order chi connectivity index (χ1) is 8.46. The first kappa shape index (κ1) is 14.1. The van der Waals surface area contributed by atoms with Crippen LogP contribution in [0.5, 0.6) is 0 Å². The lowest BCUT2D eigenvalue weighted by Crippen LogP contribution is -2.44. The van der Waals surface area contributed by atoms with Gasteiger partial charge in [-0.25, -0.2) is 13.6 Å². The molecule has 0 aromatic carbocycles. The third-order valence-corrected chi connectivity index (χ3v) is 4.87. The Bertz CT molecular complexity index is 504. The SMILES string of the molecule is NS(=O)(=O)CC1CCCCN1Cc1nnsc1Cl. The smallest absolute Gasteiger partial charge is 0.210 e. The van der Waals surface area contributed by atoms with Gasteiger partial charge >= 0.3 is 0 Å². The summed E-state index contributed by atoms with van der Waals surface area (Å²) in [5.41, 5.74) is 0.711. The second-order valence-electron chi connectivity index (χ2n) is 4.44. The summed E-state index contributed by atoms with van der Waals surface area (Å²) in [6, 6.07) is -0.0495. The van der Waals surface area contributed by atoms with Gasteiger partial charge in [0.25, 0.3) is 0 Å². The van der Waals surface area contributed by atoms with Gasteiger partial charge in [-0.15, -0.1) is 5.10 Å². The number of piperidine rings is 1. The summed E-state index contributed by atoms with van der Waals surface area (Å²) >= 11 is 7.11. The van der Waals surface area contributed by atoms with Gasteiger partial charge in [-0.1, -0.05) is 22.5 Å². The lowest BCUT2D eigenvalue weighted by atomic mass is 10.0. The lowest BCUT2D eigenvalue weighted by Gasteiger charge is -2.34. The van der Waals surface area contributed by atoms with E-state index in [1.54, 1.807) is 0 Å². The van der Waals surface area contributed by atoms with E-state index in [-0.39, 0.29) is 11.8 Å². The number of primary sulfonamides is 1. The first-order valence-corrected chi connectivity index (χ1v) is 8.53. The molecule has 1 aromatic rings. The highest BCUT2D eigenvalue weighted by molar-refractivity contribution is 7.89. The largest absolute Gasteiger partial charge is 0.293 e. The number of nitrogens with zero attached hydrogens (tertiary/aromatic N) is 3. The molecule has 2 N–H and O–H groups in total. The summed E-state index contributed by atoms with van der Waals surface area (Å²) in [6.45, 7) is 1.38. The number of likely N-dealkylation sites (tertiary alicyclic amines) is 1. The predicted molar refractivity (Wildman–Crippen MR) is 70.9 cm³/mol. The lowest BCUT2D eigenvalue weighted by molar-refractivity contribution is 0.152. The molecule has 1 aliphatic rings. The molecule has 9 heteroatoms. The number of hydrogen-bond acceptors (Lipinski definition) is 6. The van der Waals surface area contributed by atoms with Gasteiger partial charge in [0.1, 0.15) is 10.0 Å². The summed E-state index contributed by atoms with van der Waals surface area (Å²) in [4.78, 5) is 2.08. The van der Waals surface area contributed by atoms with Crippen molar-refractivity contribution in [3.05, 3.63) is 10.0 Å². The van der Waals surface area contributed by atoms with Crippen LogP contribution in [0.25, 0.3) is 0 Å². The highest BCUT2D eigenvalue weighted by Gasteiger charge is 2.27. The quantitative estimate of drug-likeness (QED) is 0.890. The third-order valence-electron chi connectivity index (χ3n) is 3.04. The van der Waals surface area contributed by atoms with Crippen molar-refractivity contribution in [2.45, 2.75) is 31.8 Å². The average molecular weight is 311 g/mol. The normalized spacial score (nSPS) is 22.2. The molecular formula is C9H15ClN4O2S2. The molecule has 1 saturated heterocycles. The standard InChI is InChI=1S/C9H15ClN4O2S2/c10-9-8(12-13-17-9)5-14-4-2-1-3-7(14)6-18(11,15)16/h7H,1-6H2,(H2,11,15,16). The van der Waals surface area contributed by atoms with Crippen molar-refractivity contribution in [1.82, 2.24) is 14.5 Å². The molecule has 2 rings (SSSR count). The first-order valence-electron chi connectivity index (χ1n) is 5.67. The number of hydrogen-bond donors (Lipinski definition) is 1. The summed E-state index contributed by atoms with van der Waals surface area (Å²) < 4.78 is 26.8. The molecule has 1 aromatic heterocycles. The van der Waals surface area contributed by atoms with Crippen LogP contribution >= 0.6 is 23.1 Å². The maximum atomic E-state index is 11.2. The molecule has 0 amide bonds. The zero-order valence-electron chi connectivity index (χ0n) is 9.75. The van der Waals surface area contributed by atoms with Crippen LogP contribution in [0.15, 0.2) is 0 Å². The molecule has 1 aliphatic heterocycles. The Hall–Kier alpha value is -0.280. The molecule has 0 spiro atoms. The van der Waals surface area contributed by atoms with Crippen molar-refractivity contribution < 1.29 is 8.42 Å². The monoisotopic (exact) mass is 310 g/mol. The van der Waals surface area contributed by atoms with Crippen LogP contribution in [-0.2, 0) is 16.6 Å². The van der Waals surface area contributed by atoms with E-state index in [4.69, 9.17) is 16.7 Å². The number of nitrogens with two attached hydrogens (primary N) is 1. The van der Waals surface area contributed by atoms with Gasteiger partial charge in [0.05, 0.1) is 5.75 Å². The maximum absolute atomic E-state index is 11.2. The van der Waals surface area contributed by atoms with Crippen molar-refractivity contribution in [2.24, 2.45) is 5.14 Å². The average Bonchev–Trinajstić information content (AvgIpc) is 2.65. The number of sulfonamides is 1. The van der Waals surface area contributed by atoms with E-state index in [1.807, 2.05) is 0 Å². The minimum atomic E-state index is -3.45. The molecule has 1 atom stereocenters. The van der Waals surface area contributed by atoms with Crippen molar-refractivity contribution in [1.29, 1.82) is 0 Å². The van der Waals surface area contributed by atoms with Gasteiger partial charge < -0.3 is 0 Å². The summed E-state index contributed by atoms with van der Waals surface area (Å²) in [5, 5.41) is 9.08. The van der Waals surface area contributed by atoms with Crippen LogP contribution in [0, 0.1) is 0 Å². The van der Waals surface area contributed by atoms with Gasteiger partial charge in [-0.2, -0.15) is 0 Å². The Balaban J connectivity index is 2.06. The zero-order chi connectivity index (χ0) is 13.2. The van der Waals surface area contributed by atoms with Crippen LogP contribution in [-0.4, -0.2) is 41.2 Å². The molecule has 0 radical (unpaired) electrons. The Labute approximate surface area is 115 Å². The van der Waals surface area contributed by atoms with E-state index in [0.717, 1.165) is 37.3 Å². The fourth-order valence-corrected chi connectivity index (χ4v) is 3.73. The second kappa shape index (κ2) is 5.79. The molecule has 0 bridgehead atoms. The molecule has 0 saturated carbocycles. The Morgan fingerprint density at radius 3 is 2.89 bits per heavy atom. The van der Waals surface area contributed by atoms with Crippen LogP contribution in [0.1, 0.15) is 25.0 Å². The molecular weight excluding hydrogens is 296 g/mol. The van der Waals surface area contributed by atoms with E-state index in [2.05, 4.69) is 14.5 Å². The molecule has 1 unspecified atom stereocenters. The fraction of sp³-hybridized carbons (Fsp3) is 0.778. The van der Waals surface area contributed by atoms with Crippen molar-refractivity contribution in [3.8, 4) is 0 Å². The molecule has 0 aliphatic carbocycles. The van der Waals surface area contributed by atoms with E-state index in [1.165, 1.54) is 0 Å². The van der Waals surface area contributed by atoms with Gasteiger partial charge in [-0.3, -0.25) is 4.90 Å². The number of rotatable bonds is 4. The van der Waals surface area contributed by atoms with Crippen LogP contribution in [0.3, 0.4) is 0 Å². The third kappa shape index (κ3) is 3.86. The van der Waals surface area contributed by atoms with Crippen LogP contribution in [0.2, 0.25) is 4.34 Å². The van der Waals surface area contributed by atoms with Gasteiger partial charge in [0, 0.05) is 24.1 Å². The van der Waals surface area contributed by atoms with Crippen molar-refractivity contribution >= 4 is 33.2 Å². The summed E-state index contributed by atoms with van der Waals surface area (Å²) in [7, 11) is -3.45. The highest BCUT2D eigenvalue weighted by atomic mass is 35.5. The van der Waals surface area contributed by atoms with Crippen LogP contribution in [0.4, 0.5) is 0 Å². The Morgan fingerprint density at radius 1 is 1.50 bits per heavy atom. The maximum Gasteiger partial charge on any atom is 0.210 e. The zero-order valence-corrected chi connectivity index (χ0v) is 12.1. The molecule has 1 fully saturated rings. The van der Waals surface area contributed by atoms with Crippen LogP contribution < -0.4 is 5.14 Å².